The first-order chi connectivity index (χ1) is 11.0. The van der Waals surface area contributed by atoms with E-state index in [2.05, 4.69) is 9.98 Å². The molecule has 0 bridgehead atoms. The number of amides is 1. The molecule has 23 heavy (non-hydrogen) atoms. The van der Waals surface area contributed by atoms with Crippen molar-refractivity contribution >= 4 is 34.7 Å². The zero-order valence-electron chi connectivity index (χ0n) is 12.7. The number of nitrogens with zero attached hydrogens (tertiary/aromatic N) is 3. The minimum Gasteiger partial charge on any atom is -0.289 e. The largest absolute Gasteiger partial charge is 0.289 e. The smallest absolute Gasteiger partial charge is 0.266 e. The number of carbonyl (C=O) groups excluding carboxylic acids is 1. The topological polar surface area (TPSA) is 45.6 Å². The van der Waals surface area contributed by atoms with Crippen LogP contribution in [0.2, 0.25) is 0 Å². The standard InChI is InChI=1S/C17H14FN3OS/c1-11-6-5-9-15(19-11)20-17-21(2)16(22)14(23-17)10-12-7-3-4-8-13(12)18/h3-10H,1-2H3/b14-10-,20-17+. The van der Waals surface area contributed by atoms with Crippen molar-refractivity contribution in [2.45, 2.75) is 6.92 Å². The Morgan fingerprint density at radius 1 is 1.22 bits per heavy atom. The fraction of sp³-hybridized carbons (Fsp3) is 0.118. The van der Waals surface area contributed by atoms with Gasteiger partial charge in [0, 0.05) is 18.3 Å². The molecule has 0 unspecified atom stereocenters. The summed E-state index contributed by atoms with van der Waals surface area (Å²) in [6, 6.07) is 11.9. The van der Waals surface area contributed by atoms with Gasteiger partial charge >= 0.3 is 0 Å². The highest BCUT2D eigenvalue weighted by atomic mass is 32.2. The van der Waals surface area contributed by atoms with Crippen molar-refractivity contribution in [3.05, 3.63) is 64.4 Å². The second kappa shape index (κ2) is 6.34. The molecule has 1 saturated heterocycles. The molecule has 0 saturated carbocycles. The lowest BCUT2D eigenvalue weighted by molar-refractivity contribution is -0.121. The molecule has 2 heterocycles. The Labute approximate surface area is 137 Å². The molecule has 3 rings (SSSR count). The van der Waals surface area contributed by atoms with Crippen molar-refractivity contribution in [3.8, 4) is 0 Å². The predicted octanol–water partition coefficient (Wildman–Crippen LogP) is 3.76. The van der Waals surface area contributed by atoms with Crippen LogP contribution < -0.4 is 0 Å². The lowest BCUT2D eigenvalue weighted by Gasteiger charge is -2.06. The number of hydrogen-bond acceptors (Lipinski definition) is 4. The van der Waals surface area contributed by atoms with E-state index in [-0.39, 0.29) is 11.7 Å². The molecule has 1 aromatic heterocycles. The fourth-order valence-electron chi connectivity index (χ4n) is 2.07. The van der Waals surface area contributed by atoms with E-state index in [9.17, 15) is 9.18 Å². The van der Waals surface area contributed by atoms with Gasteiger partial charge in [-0.1, -0.05) is 24.3 Å². The van der Waals surface area contributed by atoms with E-state index in [1.165, 1.54) is 22.7 Å². The fourth-order valence-corrected chi connectivity index (χ4v) is 3.04. The number of pyridine rings is 1. The molecule has 1 aromatic carbocycles. The molecule has 4 nitrogen and oxygen atoms in total. The summed E-state index contributed by atoms with van der Waals surface area (Å²) in [6.45, 7) is 1.88. The molecule has 0 N–H and O–H groups in total. The third kappa shape index (κ3) is 3.32. The van der Waals surface area contributed by atoms with Crippen LogP contribution in [-0.2, 0) is 4.79 Å². The van der Waals surface area contributed by atoms with Crippen LogP contribution in [-0.4, -0.2) is 28.0 Å². The van der Waals surface area contributed by atoms with Crippen molar-refractivity contribution in [1.82, 2.24) is 9.88 Å². The first kappa shape index (κ1) is 15.4. The van der Waals surface area contributed by atoms with Crippen molar-refractivity contribution in [1.29, 1.82) is 0 Å². The van der Waals surface area contributed by atoms with E-state index in [1.54, 1.807) is 37.4 Å². The SMILES string of the molecule is Cc1cccc(/N=C2/S/C(=C\c3ccccc3F)C(=O)N2C)n1. The second-order valence-corrected chi connectivity index (χ2v) is 6.04. The van der Waals surface area contributed by atoms with Crippen LogP contribution in [0.1, 0.15) is 11.3 Å². The van der Waals surface area contributed by atoms with Crippen LogP contribution in [0, 0.1) is 12.7 Å². The zero-order chi connectivity index (χ0) is 16.4. The molecule has 0 aliphatic carbocycles. The monoisotopic (exact) mass is 327 g/mol. The molecular weight excluding hydrogens is 313 g/mol. The molecule has 0 radical (unpaired) electrons. The van der Waals surface area contributed by atoms with E-state index in [1.807, 2.05) is 19.1 Å². The number of aliphatic imine (C=N–C) groups is 1. The number of thioether (sulfide) groups is 1. The Morgan fingerprint density at radius 3 is 2.74 bits per heavy atom. The van der Waals surface area contributed by atoms with Crippen molar-refractivity contribution in [2.75, 3.05) is 7.05 Å². The van der Waals surface area contributed by atoms with Gasteiger partial charge in [-0.05, 0) is 43.0 Å². The first-order valence-electron chi connectivity index (χ1n) is 6.99. The van der Waals surface area contributed by atoms with Crippen molar-refractivity contribution in [3.63, 3.8) is 0 Å². The number of rotatable bonds is 2. The number of benzene rings is 1. The maximum absolute atomic E-state index is 13.7. The highest BCUT2D eigenvalue weighted by Crippen LogP contribution is 2.33. The van der Waals surface area contributed by atoms with Crippen LogP contribution in [0.15, 0.2) is 52.4 Å². The molecule has 0 spiro atoms. The minimum absolute atomic E-state index is 0.204. The number of carbonyl (C=O) groups is 1. The minimum atomic E-state index is -0.359. The van der Waals surface area contributed by atoms with Gasteiger partial charge in [0.25, 0.3) is 5.91 Å². The van der Waals surface area contributed by atoms with Gasteiger partial charge in [0.15, 0.2) is 11.0 Å². The maximum Gasteiger partial charge on any atom is 0.266 e. The highest BCUT2D eigenvalue weighted by molar-refractivity contribution is 8.18. The van der Waals surface area contributed by atoms with E-state index in [0.717, 1.165) is 5.69 Å². The summed E-state index contributed by atoms with van der Waals surface area (Å²) in [6.07, 6.45) is 1.55. The molecule has 1 fully saturated rings. The van der Waals surface area contributed by atoms with Gasteiger partial charge in [-0.3, -0.25) is 9.69 Å². The van der Waals surface area contributed by atoms with Crippen LogP contribution in [0.25, 0.3) is 6.08 Å². The molecule has 1 amide bonds. The summed E-state index contributed by atoms with van der Waals surface area (Å²) in [5.41, 5.74) is 1.23. The molecular formula is C17H14FN3OS. The normalized spacial score (nSPS) is 18.2. The van der Waals surface area contributed by atoms with Gasteiger partial charge in [-0.2, -0.15) is 0 Å². The Bertz CT molecular complexity index is 832. The van der Waals surface area contributed by atoms with E-state index < -0.39 is 0 Å². The summed E-state index contributed by atoms with van der Waals surface area (Å²) >= 11 is 1.21. The lowest BCUT2D eigenvalue weighted by atomic mass is 10.2. The zero-order valence-corrected chi connectivity index (χ0v) is 13.5. The van der Waals surface area contributed by atoms with Crippen LogP contribution in [0.5, 0.6) is 0 Å². The van der Waals surface area contributed by atoms with E-state index >= 15 is 0 Å². The summed E-state index contributed by atoms with van der Waals surface area (Å²) in [4.78, 5) is 22.9. The van der Waals surface area contributed by atoms with E-state index in [4.69, 9.17) is 0 Å². The second-order valence-electron chi connectivity index (χ2n) is 5.03. The Kier molecular flexibility index (Phi) is 4.25. The van der Waals surface area contributed by atoms with Gasteiger partial charge in [0.2, 0.25) is 0 Å². The Morgan fingerprint density at radius 2 is 2.00 bits per heavy atom. The number of amidine groups is 1. The molecule has 6 heteroatoms. The molecule has 2 aromatic rings. The third-order valence-electron chi connectivity index (χ3n) is 3.28. The van der Waals surface area contributed by atoms with Gasteiger partial charge in [0.1, 0.15) is 5.82 Å². The van der Waals surface area contributed by atoms with E-state index in [0.29, 0.717) is 21.5 Å². The number of hydrogen-bond donors (Lipinski definition) is 0. The molecule has 0 atom stereocenters. The first-order valence-corrected chi connectivity index (χ1v) is 7.81. The van der Waals surface area contributed by atoms with Crippen LogP contribution >= 0.6 is 11.8 Å². The molecule has 1 aliphatic heterocycles. The van der Waals surface area contributed by atoms with Crippen LogP contribution in [0.3, 0.4) is 0 Å². The van der Waals surface area contributed by atoms with Gasteiger partial charge in [0.05, 0.1) is 4.91 Å². The van der Waals surface area contributed by atoms with Gasteiger partial charge < -0.3 is 0 Å². The van der Waals surface area contributed by atoms with Crippen molar-refractivity contribution < 1.29 is 9.18 Å². The number of aromatic nitrogens is 1. The van der Waals surface area contributed by atoms with Crippen LogP contribution in [0.4, 0.5) is 10.2 Å². The number of likely N-dealkylation sites (N-methyl/N-ethyl adjacent to an activating group) is 1. The highest BCUT2D eigenvalue weighted by Gasteiger charge is 2.30. The summed E-state index contributed by atoms with van der Waals surface area (Å²) in [5.74, 6) is -0.0225. The number of aryl methyl sites for hydroxylation is 1. The Hall–Kier alpha value is -2.47. The van der Waals surface area contributed by atoms with Gasteiger partial charge in [-0.25, -0.2) is 14.4 Å². The van der Waals surface area contributed by atoms with Gasteiger partial charge in [-0.15, -0.1) is 0 Å². The molecule has 1 aliphatic rings. The lowest BCUT2D eigenvalue weighted by Crippen LogP contribution is -2.23. The summed E-state index contributed by atoms with van der Waals surface area (Å²) in [5, 5.41) is 0.524. The summed E-state index contributed by atoms with van der Waals surface area (Å²) in [7, 11) is 1.64. The summed E-state index contributed by atoms with van der Waals surface area (Å²) < 4.78 is 13.7. The number of halogens is 1. The average Bonchev–Trinajstić information content (AvgIpc) is 2.78. The quantitative estimate of drug-likeness (QED) is 0.789. The third-order valence-corrected chi connectivity index (χ3v) is 4.34. The maximum atomic E-state index is 13.7. The molecule has 116 valence electrons. The van der Waals surface area contributed by atoms with Crippen molar-refractivity contribution in [2.24, 2.45) is 4.99 Å². The predicted molar refractivity (Wildman–Crippen MR) is 90.8 cm³/mol. The Balaban J connectivity index is 1.93. The average molecular weight is 327 g/mol.